The average molecular weight is 337 g/mol. The fraction of sp³-hybridized carbons (Fsp3) is 0.286. The molecule has 1 aliphatic heterocycles. The van der Waals surface area contributed by atoms with Gasteiger partial charge in [-0.2, -0.15) is 0 Å². The topological polar surface area (TPSA) is 38.8 Å². The van der Waals surface area contributed by atoms with Crippen molar-refractivity contribution >= 4 is 17.5 Å². The summed E-state index contributed by atoms with van der Waals surface area (Å²) < 4.78 is 10.6. The molecule has 4 nitrogen and oxygen atoms in total. The number of methoxy groups -OCH3 is 2. The van der Waals surface area contributed by atoms with E-state index in [4.69, 9.17) is 9.47 Å². The third-order valence-electron chi connectivity index (χ3n) is 4.47. The van der Waals surface area contributed by atoms with E-state index in [1.165, 1.54) is 18.5 Å². The summed E-state index contributed by atoms with van der Waals surface area (Å²) in [4.78, 5) is 14.8. The summed E-state index contributed by atoms with van der Waals surface area (Å²) >= 11 is 0. The quantitative estimate of drug-likeness (QED) is 0.585. The van der Waals surface area contributed by atoms with Crippen LogP contribution in [0.4, 0.5) is 5.69 Å². The van der Waals surface area contributed by atoms with Crippen molar-refractivity contribution in [3.8, 4) is 11.5 Å². The molecule has 0 saturated carbocycles. The van der Waals surface area contributed by atoms with Gasteiger partial charge in [0, 0.05) is 29.9 Å². The van der Waals surface area contributed by atoms with Crippen LogP contribution in [0.1, 0.15) is 28.8 Å². The summed E-state index contributed by atoms with van der Waals surface area (Å²) in [6.07, 6.45) is 5.82. The molecule has 130 valence electrons. The zero-order chi connectivity index (χ0) is 17.6. The smallest absolute Gasteiger partial charge is 0.185 e. The molecule has 0 spiro atoms. The van der Waals surface area contributed by atoms with Crippen LogP contribution in [0, 0.1) is 0 Å². The minimum Gasteiger partial charge on any atom is -0.497 e. The highest BCUT2D eigenvalue weighted by molar-refractivity contribution is 6.07. The highest BCUT2D eigenvalue weighted by Gasteiger charge is 2.12. The average Bonchev–Trinajstić information content (AvgIpc) is 3.20. The Morgan fingerprint density at radius 1 is 1.00 bits per heavy atom. The molecule has 0 aliphatic carbocycles. The summed E-state index contributed by atoms with van der Waals surface area (Å²) in [5.41, 5.74) is 2.68. The van der Waals surface area contributed by atoms with Gasteiger partial charge in [-0.3, -0.25) is 4.79 Å². The van der Waals surface area contributed by atoms with E-state index in [-0.39, 0.29) is 5.78 Å². The van der Waals surface area contributed by atoms with Gasteiger partial charge in [-0.1, -0.05) is 0 Å². The number of hydrogen-bond acceptors (Lipinski definition) is 4. The maximum Gasteiger partial charge on any atom is 0.185 e. The lowest BCUT2D eigenvalue weighted by molar-refractivity contribution is 0.104. The van der Waals surface area contributed by atoms with Gasteiger partial charge in [0.05, 0.1) is 14.2 Å². The predicted molar refractivity (Wildman–Crippen MR) is 101 cm³/mol. The molecule has 0 N–H and O–H groups in total. The molecule has 1 heterocycles. The van der Waals surface area contributed by atoms with Crippen LogP contribution in [-0.2, 0) is 0 Å². The third kappa shape index (κ3) is 4.02. The van der Waals surface area contributed by atoms with Gasteiger partial charge in [0.2, 0.25) is 0 Å². The van der Waals surface area contributed by atoms with Crippen LogP contribution in [0.2, 0.25) is 0 Å². The zero-order valence-electron chi connectivity index (χ0n) is 14.7. The molecule has 1 fully saturated rings. The number of ketones is 1. The Balaban J connectivity index is 1.74. The van der Waals surface area contributed by atoms with E-state index in [0.717, 1.165) is 24.4 Å². The van der Waals surface area contributed by atoms with Crippen LogP contribution in [0.3, 0.4) is 0 Å². The molecule has 0 unspecified atom stereocenters. The maximum absolute atomic E-state index is 12.4. The first kappa shape index (κ1) is 17.1. The largest absolute Gasteiger partial charge is 0.497 e. The zero-order valence-corrected chi connectivity index (χ0v) is 14.7. The van der Waals surface area contributed by atoms with Crippen LogP contribution in [0.5, 0.6) is 11.5 Å². The number of nitrogens with zero attached hydrogens (tertiary/aromatic N) is 1. The third-order valence-corrected chi connectivity index (χ3v) is 4.47. The molecule has 0 bridgehead atoms. The molecule has 0 aromatic heterocycles. The van der Waals surface area contributed by atoms with Gasteiger partial charge in [0.25, 0.3) is 0 Å². The number of allylic oxidation sites excluding steroid dienone is 1. The van der Waals surface area contributed by atoms with Gasteiger partial charge in [0.1, 0.15) is 11.5 Å². The van der Waals surface area contributed by atoms with Crippen molar-refractivity contribution in [1.82, 2.24) is 0 Å². The Morgan fingerprint density at radius 2 is 1.72 bits per heavy atom. The number of carbonyl (C=O) groups excluding carboxylic acids is 1. The van der Waals surface area contributed by atoms with E-state index in [9.17, 15) is 4.79 Å². The lowest BCUT2D eigenvalue weighted by atomic mass is 10.1. The summed E-state index contributed by atoms with van der Waals surface area (Å²) in [5.74, 6) is 1.40. The standard InChI is InChI=1S/C21H23NO3/c1-24-19-10-12-21(25-2)17(15-19)7-11-20(23)16-5-8-18(9-6-16)22-13-3-4-14-22/h5-12,15H,3-4,13-14H2,1-2H3/b11-7+. The molecular formula is C21H23NO3. The highest BCUT2D eigenvalue weighted by atomic mass is 16.5. The lowest BCUT2D eigenvalue weighted by Crippen LogP contribution is -2.17. The fourth-order valence-electron chi connectivity index (χ4n) is 3.04. The second kappa shape index (κ2) is 7.88. The molecule has 1 aliphatic rings. The Hall–Kier alpha value is -2.75. The summed E-state index contributed by atoms with van der Waals surface area (Å²) in [6.45, 7) is 2.20. The van der Waals surface area contributed by atoms with Gasteiger partial charge in [-0.05, 0) is 67.5 Å². The van der Waals surface area contributed by atoms with E-state index in [1.807, 2.05) is 42.5 Å². The van der Waals surface area contributed by atoms with Crippen molar-refractivity contribution in [3.63, 3.8) is 0 Å². The SMILES string of the molecule is COc1ccc(OC)c(/C=C/C(=O)c2ccc(N3CCCC3)cc2)c1. The second-order valence-corrected chi connectivity index (χ2v) is 6.05. The molecule has 3 rings (SSSR count). The Bertz CT molecular complexity index is 759. The summed E-state index contributed by atoms with van der Waals surface area (Å²) in [7, 11) is 3.22. The van der Waals surface area contributed by atoms with E-state index in [1.54, 1.807) is 26.4 Å². The van der Waals surface area contributed by atoms with Crippen molar-refractivity contribution < 1.29 is 14.3 Å². The first-order valence-corrected chi connectivity index (χ1v) is 8.51. The highest BCUT2D eigenvalue weighted by Crippen LogP contribution is 2.25. The Labute approximate surface area is 148 Å². The number of carbonyl (C=O) groups is 1. The molecule has 1 saturated heterocycles. The number of hydrogen-bond donors (Lipinski definition) is 0. The van der Waals surface area contributed by atoms with Gasteiger partial charge in [0.15, 0.2) is 5.78 Å². The van der Waals surface area contributed by atoms with Crippen LogP contribution in [0.25, 0.3) is 6.08 Å². The van der Waals surface area contributed by atoms with Crippen molar-refractivity contribution in [2.45, 2.75) is 12.8 Å². The monoisotopic (exact) mass is 337 g/mol. The molecule has 0 radical (unpaired) electrons. The van der Waals surface area contributed by atoms with Crippen molar-refractivity contribution in [2.75, 3.05) is 32.2 Å². The van der Waals surface area contributed by atoms with Gasteiger partial charge < -0.3 is 14.4 Å². The van der Waals surface area contributed by atoms with Gasteiger partial charge >= 0.3 is 0 Å². The van der Waals surface area contributed by atoms with Crippen molar-refractivity contribution in [1.29, 1.82) is 0 Å². The molecule has 0 amide bonds. The van der Waals surface area contributed by atoms with Crippen molar-refractivity contribution in [3.05, 3.63) is 59.7 Å². The first-order chi connectivity index (χ1) is 12.2. The normalized spacial score (nSPS) is 14.1. The maximum atomic E-state index is 12.4. The first-order valence-electron chi connectivity index (χ1n) is 8.51. The number of rotatable bonds is 6. The van der Waals surface area contributed by atoms with E-state index >= 15 is 0 Å². The molecule has 25 heavy (non-hydrogen) atoms. The number of benzene rings is 2. The fourth-order valence-corrected chi connectivity index (χ4v) is 3.04. The van der Waals surface area contributed by atoms with E-state index in [0.29, 0.717) is 11.3 Å². The molecule has 4 heteroatoms. The van der Waals surface area contributed by atoms with Crippen LogP contribution < -0.4 is 14.4 Å². The van der Waals surface area contributed by atoms with Crippen molar-refractivity contribution in [2.24, 2.45) is 0 Å². The molecule has 0 atom stereocenters. The van der Waals surface area contributed by atoms with Crippen LogP contribution >= 0.6 is 0 Å². The van der Waals surface area contributed by atoms with Crippen LogP contribution in [0.15, 0.2) is 48.5 Å². The molecule has 2 aromatic carbocycles. The minimum atomic E-state index is -0.0298. The predicted octanol–water partition coefficient (Wildman–Crippen LogP) is 4.20. The van der Waals surface area contributed by atoms with Crippen LogP contribution in [-0.4, -0.2) is 33.1 Å². The van der Waals surface area contributed by atoms with Gasteiger partial charge in [-0.15, -0.1) is 0 Å². The van der Waals surface area contributed by atoms with E-state index < -0.39 is 0 Å². The molecular weight excluding hydrogens is 314 g/mol. The molecule has 2 aromatic rings. The van der Waals surface area contributed by atoms with Gasteiger partial charge in [-0.25, -0.2) is 0 Å². The summed E-state index contributed by atoms with van der Waals surface area (Å²) in [6, 6.07) is 13.3. The second-order valence-electron chi connectivity index (χ2n) is 6.05. The number of ether oxygens (including phenoxy) is 2. The van der Waals surface area contributed by atoms with E-state index in [2.05, 4.69) is 4.90 Å². The Kier molecular flexibility index (Phi) is 5.39. The number of anilines is 1. The lowest BCUT2D eigenvalue weighted by Gasteiger charge is -2.17. The summed E-state index contributed by atoms with van der Waals surface area (Å²) in [5, 5.41) is 0. The minimum absolute atomic E-state index is 0.0298. The Morgan fingerprint density at radius 3 is 2.36 bits per heavy atom.